The molecule has 0 amide bonds. The van der Waals surface area contributed by atoms with Crippen LogP contribution in [0.3, 0.4) is 0 Å². The Morgan fingerprint density at radius 1 is 0.575 bits per heavy atom. The van der Waals surface area contributed by atoms with Crippen LogP contribution in [0.2, 0.25) is 0 Å². The number of hydrogen-bond acceptors (Lipinski definition) is 16. The zero-order valence-electron chi connectivity index (χ0n) is 45.8. The van der Waals surface area contributed by atoms with Gasteiger partial charge in [-0.1, -0.05) is 73.9 Å². The van der Waals surface area contributed by atoms with Crippen molar-refractivity contribution in [1.82, 2.24) is 4.98 Å². The predicted molar refractivity (Wildman–Crippen MR) is 313 cm³/mol. The van der Waals surface area contributed by atoms with Crippen molar-refractivity contribution >= 4 is 66.4 Å². The van der Waals surface area contributed by atoms with Gasteiger partial charge in [-0.25, -0.2) is 9.99 Å². The monoisotopic (exact) mass is 1110 g/mol. The van der Waals surface area contributed by atoms with E-state index in [1.807, 2.05) is 120 Å². The zero-order valence-corrected chi connectivity index (χ0v) is 46.7. The number of thiazole rings is 1. The van der Waals surface area contributed by atoms with Crippen molar-refractivity contribution in [3.8, 4) is 34.5 Å². The van der Waals surface area contributed by atoms with E-state index < -0.39 is 0 Å². The average Bonchev–Trinajstić information content (AvgIpc) is 3.94. The molecule has 2 N–H and O–H groups in total. The second-order valence-electron chi connectivity index (χ2n) is 20.7. The van der Waals surface area contributed by atoms with E-state index in [0.29, 0.717) is 56.9 Å². The quantitative estimate of drug-likeness (QED) is 0.0143. The van der Waals surface area contributed by atoms with Crippen molar-refractivity contribution in [2.24, 2.45) is 28.8 Å². The molecule has 0 spiro atoms. The minimum atomic E-state index is -0.206. The molecule has 1 aromatic heterocycles. The topological polar surface area (TPSA) is 177 Å². The lowest BCUT2D eigenvalue weighted by Gasteiger charge is -2.28. The second-order valence-corrected chi connectivity index (χ2v) is 21.7. The number of aliphatic hydroxyl groups is 2. The van der Waals surface area contributed by atoms with Crippen LogP contribution in [0, 0.1) is 23.7 Å². The number of unbranched alkanes of at least 4 members (excludes halogenated alkanes) is 3. The molecule has 80 heavy (non-hydrogen) atoms. The molecule has 2 fully saturated rings. The maximum absolute atomic E-state index is 13.5. The average molecular weight is 1110 g/mol. The Morgan fingerprint density at radius 3 is 1.64 bits per heavy atom. The van der Waals surface area contributed by atoms with E-state index in [9.17, 15) is 9.59 Å². The number of ether oxygens (including phenoxy) is 8. The molecule has 1 heterocycles. The predicted octanol–water partition coefficient (Wildman–Crippen LogP) is 12.4. The van der Waals surface area contributed by atoms with Gasteiger partial charge < -0.3 is 48.1 Å². The molecule has 9 rings (SSSR count). The number of aromatic nitrogens is 1. The summed E-state index contributed by atoms with van der Waals surface area (Å²) in [6.45, 7) is 6.05. The van der Waals surface area contributed by atoms with Crippen molar-refractivity contribution in [2.75, 3.05) is 77.6 Å². The van der Waals surface area contributed by atoms with Crippen molar-refractivity contribution in [3.05, 3.63) is 121 Å². The molecule has 2 saturated carbocycles. The molecule has 0 saturated heterocycles. The largest absolute Gasteiger partial charge is 0.493 e. The summed E-state index contributed by atoms with van der Waals surface area (Å²) in [5, 5.41) is 29.6. The molecule has 15 nitrogen and oxygen atoms in total. The second kappa shape index (κ2) is 30.1. The fourth-order valence-electron chi connectivity index (χ4n) is 10.3. The third-order valence-corrected chi connectivity index (χ3v) is 15.9. The highest BCUT2D eigenvalue weighted by molar-refractivity contribution is 7.22. The van der Waals surface area contributed by atoms with Gasteiger partial charge in [-0.05, 0) is 170 Å². The highest BCUT2D eigenvalue weighted by Gasteiger charge is 2.30. The van der Waals surface area contributed by atoms with Crippen LogP contribution in [0.25, 0.3) is 31.8 Å². The lowest BCUT2D eigenvalue weighted by Crippen LogP contribution is -2.28. The Kier molecular flexibility index (Phi) is 21.8. The van der Waals surface area contributed by atoms with E-state index in [0.717, 1.165) is 143 Å². The van der Waals surface area contributed by atoms with E-state index in [1.165, 1.54) is 0 Å². The minimum Gasteiger partial charge on any atom is -0.493 e. The molecule has 0 bridgehead atoms. The van der Waals surface area contributed by atoms with E-state index in [-0.39, 0.29) is 62.0 Å². The van der Waals surface area contributed by atoms with Crippen molar-refractivity contribution in [3.63, 3.8) is 0 Å². The van der Waals surface area contributed by atoms with Crippen LogP contribution in [0.5, 0.6) is 34.5 Å². The summed E-state index contributed by atoms with van der Waals surface area (Å²) in [4.78, 5) is 31.8. The molecule has 6 aromatic carbocycles. The normalized spacial score (nSPS) is 17.4. The minimum absolute atomic E-state index is 0.0185. The van der Waals surface area contributed by atoms with Crippen molar-refractivity contribution in [2.45, 2.75) is 84.0 Å². The van der Waals surface area contributed by atoms with Crippen LogP contribution in [-0.4, -0.2) is 106 Å². The maximum Gasteiger partial charge on any atom is 0.314 e. The summed E-state index contributed by atoms with van der Waals surface area (Å²) < 4.78 is 48.3. The number of carbonyl (C=O) groups is 2. The number of hydrazone groups is 1. The number of fused-ring (bicyclic) bond motifs is 3. The number of anilines is 1. The first kappa shape index (κ1) is 57.9. The molecular weight excluding hydrogens is 1030 g/mol. The van der Waals surface area contributed by atoms with E-state index in [2.05, 4.69) is 13.0 Å². The van der Waals surface area contributed by atoms with Gasteiger partial charge in [-0.3, -0.25) is 9.59 Å². The van der Waals surface area contributed by atoms with E-state index in [4.69, 9.17) is 58.2 Å². The highest BCUT2D eigenvalue weighted by atomic mass is 32.1. The van der Waals surface area contributed by atoms with Gasteiger partial charge in [0.15, 0.2) is 0 Å². The fourth-order valence-corrected chi connectivity index (χ4v) is 11.2. The van der Waals surface area contributed by atoms with Crippen LogP contribution in [0.15, 0.2) is 120 Å². The lowest BCUT2D eigenvalue weighted by molar-refractivity contribution is -0.141. The number of para-hydroxylation sites is 1. The van der Waals surface area contributed by atoms with Crippen LogP contribution in [0.1, 0.15) is 89.5 Å². The first-order chi connectivity index (χ1) is 39.3. The van der Waals surface area contributed by atoms with Gasteiger partial charge >= 0.3 is 11.9 Å². The Hall–Kier alpha value is -6.82. The Labute approximate surface area is 472 Å². The number of hydrogen-bond donors (Lipinski definition) is 2. The molecule has 7 aromatic rings. The molecule has 0 atom stereocenters. The fraction of sp³-hybridized carbons (Fsp3) is 0.438. The van der Waals surface area contributed by atoms with E-state index >= 15 is 0 Å². The standard InChI is InChI=1S/C64H75N3O12S/c1-2-3-4-7-28-67(64-66-59-8-5-6-9-61(59)80-64)65-42-53-41-56(76-43-45-10-14-47(15-11-45)62(70)78-57-24-20-49-37-54(22-18-51(49)39-57)74-35-33-72-31-29-68)26-27-60(53)77-44-46-12-16-48(17-13-46)63(71)79-58-25-21-50-38-55(23-19-52(50)40-58)75-36-34-73-32-30-69/h5-6,8-9,18-27,37-42,45-48,68-69H,2-4,7,10-17,28-36,43-44H2,1H3/b65-42+. The summed E-state index contributed by atoms with van der Waals surface area (Å²) in [7, 11) is 0. The summed E-state index contributed by atoms with van der Waals surface area (Å²) >= 11 is 1.64. The number of nitrogens with zero attached hydrogens (tertiary/aromatic N) is 3. The van der Waals surface area contributed by atoms with Crippen molar-refractivity contribution < 1.29 is 57.7 Å². The molecule has 2 aliphatic rings. The lowest BCUT2D eigenvalue weighted by atomic mass is 9.82. The zero-order chi connectivity index (χ0) is 55.3. The van der Waals surface area contributed by atoms with Gasteiger partial charge in [-0.15, -0.1) is 0 Å². The van der Waals surface area contributed by atoms with Gasteiger partial charge in [0, 0.05) is 12.1 Å². The number of carbonyl (C=O) groups excluding carboxylic acids is 2. The van der Waals surface area contributed by atoms with Crippen molar-refractivity contribution in [1.29, 1.82) is 0 Å². The highest BCUT2D eigenvalue weighted by Crippen LogP contribution is 2.36. The molecule has 0 radical (unpaired) electrons. The van der Waals surface area contributed by atoms with Crippen LogP contribution >= 0.6 is 11.3 Å². The summed E-state index contributed by atoms with van der Waals surface area (Å²) in [5.74, 6) is 3.68. The van der Waals surface area contributed by atoms with Gasteiger partial charge in [0.1, 0.15) is 47.7 Å². The third kappa shape index (κ3) is 16.9. The smallest absolute Gasteiger partial charge is 0.314 e. The Morgan fingerprint density at radius 2 is 1.09 bits per heavy atom. The summed E-state index contributed by atoms with van der Waals surface area (Å²) in [5.41, 5.74) is 1.75. The van der Waals surface area contributed by atoms with Gasteiger partial charge in [0.25, 0.3) is 0 Å². The maximum atomic E-state index is 13.5. The molecule has 424 valence electrons. The summed E-state index contributed by atoms with van der Waals surface area (Å²) in [6, 6.07) is 37.0. The number of esters is 2. The number of benzene rings is 6. The Bertz CT molecular complexity index is 3080. The Balaban J connectivity index is 0.793. The molecule has 0 unspecified atom stereocenters. The van der Waals surface area contributed by atoms with Gasteiger partial charge in [-0.2, -0.15) is 5.10 Å². The first-order valence-corrected chi connectivity index (χ1v) is 29.3. The van der Waals surface area contributed by atoms with E-state index in [1.54, 1.807) is 11.3 Å². The van der Waals surface area contributed by atoms with Crippen LogP contribution in [0.4, 0.5) is 5.13 Å². The first-order valence-electron chi connectivity index (χ1n) is 28.5. The van der Waals surface area contributed by atoms with Gasteiger partial charge in [0.05, 0.1) is 81.1 Å². The van der Waals surface area contributed by atoms with Crippen LogP contribution in [-0.2, 0) is 19.1 Å². The number of aliphatic hydroxyl groups excluding tert-OH is 2. The SMILES string of the molecule is CCCCCCN(/N=C/c1cc(OCC2CCC(C(=O)Oc3ccc4cc(OCCOCCO)ccc4c3)CC2)ccc1OCC1CCC(C(=O)Oc2ccc3cc(OCCOCCO)ccc3c2)CC1)c1nc2ccccc2s1. The summed E-state index contributed by atoms with van der Waals surface area (Å²) in [6.07, 6.45) is 12.5. The molecular formula is C64H75N3O12S. The molecule has 2 aliphatic carbocycles. The van der Waals surface area contributed by atoms with Gasteiger partial charge in [0.2, 0.25) is 5.13 Å². The molecule has 0 aliphatic heterocycles. The van der Waals surface area contributed by atoms with Crippen LogP contribution < -0.4 is 33.4 Å². The third-order valence-electron chi connectivity index (χ3n) is 14.8. The number of rotatable bonds is 30. The molecule has 16 heteroatoms.